The third kappa shape index (κ3) is 2.94. The van der Waals surface area contributed by atoms with Crippen LogP contribution in [-0.4, -0.2) is 36.6 Å². The first-order chi connectivity index (χ1) is 7.31. The molecule has 0 aromatic heterocycles. The van der Waals surface area contributed by atoms with Crippen molar-refractivity contribution in [2.75, 3.05) is 19.6 Å². The van der Waals surface area contributed by atoms with Gasteiger partial charge in [-0.15, -0.1) is 0 Å². The largest absolute Gasteiger partial charge is 0.310 e. The zero-order chi connectivity index (χ0) is 10.7. The van der Waals surface area contributed by atoms with Gasteiger partial charge in [0.05, 0.1) is 0 Å². The minimum Gasteiger partial charge on any atom is -0.310 e. The average Bonchev–Trinajstić information content (AvgIpc) is 2.58. The van der Waals surface area contributed by atoms with Gasteiger partial charge in [0.25, 0.3) is 0 Å². The third-order valence-electron chi connectivity index (χ3n) is 4.28. The second kappa shape index (κ2) is 5.31. The number of nitrogens with one attached hydrogen (secondary N) is 1. The standard InChI is InChI=1S/C13H26N2/c1-3-11(4-2)9-15-8-7-12-5-6-13(10-15)14-12/h11-14H,3-10H2,1-2H3/t12-,13+/m1/s1. The van der Waals surface area contributed by atoms with Crippen LogP contribution in [0.15, 0.2) is 0 Å². The van der Waals surface area contributed by atoms with Gasteiger partial charge in [0.15, 0.2) is 0 Å². The predicted molar refractivity (Wildman–Crippen MR) is 65.1 cm³/mol. The van der Waals surface area contributed by atoms with Crippen LogP contribution in [0.25, 0.3) is 0 Å². The molecule has 0 amide bonds. The van der Waals surface area contributed by atoms with Gasteiger partial charge in [-0.05, 0) is 31.7 Å². The molecular weight excluding hydrogens is 184 g/mol. The van der Waals surface area contributed by atoms with E-state index in [4.69, 9.17) is 0 Å². The van der Waals surface area contributed by atoms with E-state index in [2.05, 4.69) is 24.1 Å². The summed E-state index contributed by atoms with van der Waals surface area (Å²) in [6.07, 6.45) is 6.88. The number of hydrogen-bond donors (Lipinski definition) is 1. The topological polar surface area (TPSA) is 15.3 Å². The molecule has 0 aliphatic carbocycles. The van der Waals surface area contributed by atoms with Gasteiger partial charge in [-0.2, -0.15) is 0 Å². The normalized spacial score (nSPS) is 32.2. The van der Waals surface area contributed by atoms with E-state index in [1.54, 1.807) is 0 Å². The molecule has 0 unspecified atom stereocenters. The lowest BCUT2D eigenvalue weighted by Crippen LogP contribution is -2.37. The summed E-state index contributed by atoms with van der Waals surface area (Å²) in [6, 6.07) is 1.63. The van der Waals surface area contributed by atoms with Gasteiger partial charge in [-0.25, -0.2) is 0 Å². The Balaban J connectivity index is 1.82. The average molecular weight is 210 g/mol. The molecule has 2 heteroatoms. The van der Waals surface area contributed by atoms with Crippen molar-refractivity contribution in [3.05, 3.63) is 0 Å². The maximum Gasteiger partial charge on any atom is 0.0198 e. The molecule has 2 saturated heterocycles. The molecule has 2 atom stereocenters. The van der Waals surface area contributed by atoms with E-state index in [0.717, 1.165) is 18.0 Å². The second-order valence-electron chi connectivity index (χ2n) is 5.37. The van der Waals surface area contributed by atoms with E-state index in [0.29, 0.717) is 0 Å². The van der Waals surface area contributed by atoms with Crippen molar-refractivity contribution in [3.8, 4) is 0 Å². The highest BCUT2D eigenvalue weighted by molar-refractivity contribution is 4.89. The SMILES string of the molecule is CCC(CC)CN1CC[C@H]2CC[C@@H](C1)N2. The van der Waals surface area contributed by atoms with Crippen molar-refractivity contribution >= 4 is 0 Å². The summed E-state index contributed by atoms with van der Waals surface area (Å²) in [5, 5.41) is 3.75. The number of likely N-dealkylation sites (tertiary alicyclic amines) is 1. The third-order valence-corrected chi connectivity index (χ3v) is 4.28. The molecule has 2 nitrogen and oxygen atoms in total. The molecule has 0 spiro atoms. The molecule has 2 heterocycles. The van der Waals surface area contributed by atoms with Crippen LogP contribution < -0.4 is 5.32 Å². The summed E-state index contributed by atoms with van der Waals surface area (Å²) in [5.74, 6) is 0.918. The van der Waals surface area contributed by atoms with E-state index in [1.807, 2.05) is 0 Å². The summed E-state index contributed by atoms with van der Waals surface area (Å²) in [6.45, 7) is 8.61. The van der Waals surface area contributed by atoms with E-state index in [1.165, 1.54) is 51.7 Å². The van der Waals surface area contributed by atoms with Crippen molar-refractivity contribution < 1.29 is 0 Å². The molecule has 2 fully saturated rings. The lowest BCUT2D eigenvalue weighted by molar-refractivity contribution is 0.213. The van der Waals surface area contributed by atoms with Crippen LogP contribution in [0, 0.1) is 5.92 Å². The lowest BCUT2D eigenvalue weighted by atomic mass is 10.0. The van der Waals surface area contributed by atoms with Gasteiger partial charge in [0, 0.05) is 25.2 Å². The number of fused-ring (bicyclic) bond motifs is 2. The Kier molecular flexibility index (Phi) is 4.04. The van der Waals surface area contributed by atoms with Gasteiger partial charge in [-0.1, -0.05) is 26.7 Å². The molecule has 0 radical (unpaired) electrons. The van der Waals surface area contributed by atoms with Gasteiger partial charge >= 0.3 is 0 Å². The minimum atomic E-state index is 0.798. The van der Waals surface area contributed by atoms with Crippen LogP contribution in [0.4, 0.5) is 0 Å². The Labute approximate surface area is 94.4 Å². The quantitative estimate of drug-likeness (QED) is 0.765. The van der Waals surface area contributed by atoms with Crippen LogP contribution in [-0.2, 0) is 0 Å². The molecule has 0 aromatic rings. The summed E-state index contributed by atoms with van der Waals surface area (Å²) in [4.78, 5) is 2.70. The molecule has 15 heavy (non-hydrogen) atoms. The van der Waals surface area contributed by atoms with Gasteiger partial charge in [0.2, 0.25) is 0 Å². The Hall–Kier alpha value is -0.0800. The van der Waals surface area contributed by atoms with Crippen LogP contribution in [0.2, 0.25) is 0 Å². The first kappa shape index (κ1) is 11.4. The molecular formula is C13H26N2. The molecule has 0 aromatic carbocycles. The fourth-order valence-electron chi connectivity index (χ4n) is 3.09. The number of hydrogen-bond acceptors (Lipinski definition) is 2. The van der Waals surface area contributed by atoms with Gasteiger partial charge in [-0.3, -0.25) is 0 Å². The van der Waals surface area contributed by atoms with E-state index < -0.39 is 0 Å². The maximum atomic E-state index is 3.75. The zero-order valence-electron chi connectivity index (χ0n) is 10.3. The van der Waals surface area contributed by atoms with Gasteiger partial charge in [0.1, 0.15) is 0 Å². The molecule has 2 aliphatic rings. The minimum absolute atomic E-state index is 0.798. The predicted octanol–water partition coefficient (Wildman–Crippen LogP) is 2.25. The van der Waals surface area contributed by atoms with Gasteiger partial charge < -0.3 is 10.2 Å². The first-order valence-corrected chi connectivity index (χ1v) is 6.80. The van der Waals surface area contributed by atoms with Crippen LogP contribution >= 0.6 is 0 Å². The van der Waals surface area contributed by atoms with Crippen molar-refractivity contribution in [2.24, 2.45) is 5.92 Å². The highest BCUT2D eigenvalue weighted by Gasteiger charge is 2.29. The fraction of sp³-hybridized carbons (Fsp3) is 1.00. The van der Waals surface area contributed by atoms with Crippen LogP contribution in [0.5, 0.6) is 0 Å². The van der Waals surface area contributed by atoms with Crippen molar-refractivity contribution in [1.82, 2.24) is 10.2 Å². The number of nitrogens with zero attached hydrogens (tertiary/aromatic N) is 1. The highest BCUT2D eigenvalue weighted by atomic mass is 15.2. The maximum absolute atomic E-state index is 3.75. The Morgan fingerprint density at radius 1 is 1.13 bits per heavy atom. The van der Waals surface area contributed by atoms with Crippen molar-refractivity contribution in [3.63, 3.8) is 0 Å². The number of rotatable bonds is 4. The molecule has 0 saturated carbocycles. The zero-order valence-corrected chi connectivity index (χ0v) is 10.3. The second-order valence-corrected chi connectivity index (χ2v) is 5.37. The lowest BCUT2D eigenvalue weighted by Gasteiger charge is -2.27. The molecule has 88 valence electrons. The van der Waals surface area contributed by atoms with Crippen LogP contribution in [0.1, 0.15) is 46.0 Å². The van der Waals surface area contributed by atoms with Crippen LogP contribution in [0.3, 0.4) is 0 Å². The fourth-order valence-corrected chi connectivity index (χ4v) is 3.09. The summed E-state index contributed by atoms with van der Waals surface area (Å²) >= 11 is 0. The summed E-state index contributed by atoms with van der Waals surface area (Å²) in [7, 11) is 0. The monoisotopic (exact) mass is 210 g/mol. The smallest absolute Gasteiger partial charge is 0.0198 e. The van der Waals surface area contributed by atoms with E-state index >= 15 is 0 Å². The summed E-state index contributed by atoms with van der Waals surface area (Å²) < 4.78 is 0. The Bertz CT molecular complexity index is 189. The molecule has 2 rings (SSSR count). The van der Waals surface area contributed by atoms with Crippen molar-refractivity contribution in [2.45, 2.75) is 58.0 Å². The van der Waals surface area contributed by atoms with E-state index in [9.17, 15) is 0 Å². The Morgan fingerprint density at radius 3 is 2.60 bits per heavy atom. The van der Waals surface area contributed by atoms with E-state index in [-0.39, 0.29) is 0 Å². The molecule has 1 N–H and O–H groups in total. The molecule has 2 aliphatic heterocycles. The first-order valence-electron chi connectivity index (χ1n) is 6.80. The molecule has 2 bridgehead atoms. The van der Waals surface area contributed by atoms with Crippen molar-refractivity contribution in [1.29, 1.82) is 0 Å². The Morgan fingerprint density at radius 2 is 1.87 bits per heavy atom. The summed E-state index contributed by atoms with van der Waals surface area (Å²) in [5.41, 5.74) is 0. The highest BCUT2D eigenvalue weighted by Crippen LogP contribution is 2.21.